The number of piperazine rings is 1. The zero-order valence-corrected chi connectivity index (χ0v) is 10.4. The number of nitrogens with one attached hydrogen (secondary N) is 2. The van der Waals surface area contributed by atoms with Crippen LogP contribution in [0.5, 0.6) is 0 Å². The maximum atomic E-state index is 5.76. The van der Waals surface area contributed by atoms with E-state index in [1.54, 1.807) is 0 Å². The second-order valence-electron chi connectivity index (χ2n) is 5.41. The molecule has 2 heterocycles. The van der Waals surface area contributed by atoms with Crippen LogP contribution in [-0.2, 0) is 0 Å². The average Bonchev–Trinajstić information content (AvgIpc) is 2.32. The third kappa shape index (κ3) is 3.17. The Morgan fingerprint density at radius 1 is 1.19 bits per heavy atom. The Morgan fingerprint density at radius 3 is 2.75 bits per heavy atom. The lowest BCUT2D eigenvalue weighted by Gasteiger charge is -2.38. The van der Waals surface area contributed by atoms with Crippen molar-refractivity contribution in [3.05, 3.63) is 0 Å². The Labute approximate surface area is 98.9 Å². The van der Waals surface area contributed by atoms with Crippen molar-refractivity contribution in [3.8, 4) is 0 Å². The number of hydrogen-bond donors (Lipinski definition) is 3. The van der Waals surface area contributed by atoms with Crippen molar-refractivity contribution in [2.75, 3.05) is 45.8 Å². The van der Waals surface area contributed by atoms with E-state index in [2.05, 4.69) is 22.5 Å². The Hall–Kier alpha value is -0.160. The summed E-state index contributed by atoms with van der Waals surface area (Å²) in [5.74, 6) is 1.49. The van der Waals surface area contributed by atoms with E-state index >= 15 is 0 Å². The molecule has 4 N–H and O–H groups in total. The third-order valence-corrected chi connectivity index (χ3v) is 4.00. The van der Waals surface area contributed by atoms with E-state index in [9.17, 15) is 0 Å². The summed E-state index contributed by atoms with van der Waals surface area (Å²) < 4.78 is 0. The van der Waals surface area contributed by atoms with Crippen molar-refractivity contribution in [3.63, 3.8) is 0 Å². The van der Waals surface area contributed by atoms with Gasteiger partial charge < -0.3 is 16.4 Å². The number of piperidine rings is 1. The van der Waals surface area contributed by atoms with Crippen molar-refractivity contribution in [2.24, 2.45) is 17.6 Å². The summed E-state index contributed by atoms with van der Waals surface area (Å²) in [6, 6.07) is 0.687. The summed E-state index contributed by atoms with van der Waals surface area (Å²) >= 11 is 0. The second-order valence-corrected chi connectivity index (χ2v) is 5.41. The van der Waals surface area contributed by atoms with E-state index in [1.165, 1.54) is 26.1 Å². The van der Waals surface area contributed by atoms with E-state index in [1.807, 2.05) is 0 Å². The molecule has 0 aromatic rings. The molecule has 0 bridgehead atoms. The Balaban J connectivity index is 1.79. The largest absolute Gasteiger partial charge is 0.330 e. The summed E-state index contributed by atoms with van der Waals surface area (Å²) in [5, 5.41) is 6.96. The fraction of sp³-hybridized carbons (Fsp3) is 1.00. The molecule has 2 saturated heterocycles. The number of nitrogens with two attached hydrogens (primary N) is 1. The van der Waals surface area contributed by atoms with E-state index in [-0.39, 0.29) is 0 Å². The minimum atomic E-state index is 0.687. The summed E-state index contributed by atoms with van der Waals surface area (Å²) in [6.07, 6.45) is 1.31. The molecule has 2 rings (SSSR count). The van der Waals surface area contributed by atoms with Crippen molar-refractivity contribution < 1.29 is 0 Å². The van der Waals surface area contributed by atoms with Crippen LogP contribution in [0.15, 0.2) is 0 Å². The van der Waals surface area contributed by atoms with Crippen molar-refractivity contribution in [2.45, 2.75) is 19.4 Å². The predicted octanol–water partition coefficient (Wildman–Crippen LogP) is -0.535. The van der Waals surface area contributed by atoms with Gasteiger partial charge in [0.1, 0.15) is 0 Å². The molecule has 0 aromatic carbocycles. The van der Waals surface area contributed by atoms with Crippen LogP contribution in [0.1, 0.15) is 13.3 Å². The predicted molar refractivity (Wildman–Crippen MR) is 67.4 cm³/mol. The van der Waals surface area contributed by atoms with Crippen LogP contribution in [0.4, 0.5) is 0 Å². The van der Waals surface area contributed by atoms with E-state index in [0.717, 1.165) is 32.1 Å². The highest BCUT2D eigenvalue weighted by Gasteiger charge is 2.25. The first-order chi connectivity index (χ1) is 7.79. The van der Waals surface area contributed by atoms with Gasteiger partial charge in [0.05, 0.1) is 0 Å². The van der Waals surface area contributed by atoms with Gasteiger partial charge in [-0.15, -0.1) is 0 Å². The van der Waals surface area contributed by atoms with Crippen molar-refractivity contribution >= 4 is 0 Å². The highest BCUT2D eigenvalue weighted by atomic mass is 15.2. The van der Waals surface area contributed by atoms with E-state index < -0.39 is 0 Å². The topological polar surface area (TPSA) is 53.3 Å². The van der Waals surface area contributed by atoms with Crippen LogP contribution in [0.25, 0.3) is 0 Å². The molecule has 0 spiro atoms. The number of rotatable bonds is 3. The first kappa shape index (κ1) is 12.3. The van der Waals surface area contributed by atoms with Crippen LogP contribution in [0, 0.1) is 11.8 Å². The molecule has 16 heavy (non-hydrogen) atoms. The molecule has 2 aliphatic rings. The van der Waals surface area contributed by atoms with Gasteiger partial charge in [0.2, 0.25) is 0 Å². The monoisotopic (exact) mass is 226 g/mol. The summed E-state index contributed by atoms with van der Waals surface area (Å²) in [4.78, 5) is 2.63. The maximum Gasteiger partial charge on any atom is 0.0193 e. The van der Waals surface area contributed by atoms with E-state index in [0.29, 0.717) is 12.0 Å². The fourth-order valence-corrected chi connectivity index (χ4v) is 2.93. The lowest BCUT2D eigenvalue weighted by molar-refractivity contribution is 0.127. The Kier molecular flexibility index (Phi) is 4.58. The maximum absolute atomic E-state index is 5.76. The van der Waals surface area contributed by atoms with Gasteiger partial charge in [-0.2, -0.15) is 0 Å². The van der Waals surface area contributed by atoms with Crippen LogP contribution >= 0.6 is 0 Å². The molecule has 4 heteroatoms. The summed E-state index contributed by atoms with van der Waals surface area (Å²) in [6.45, 7) is 10.2. The molecule has 94 valence electrons. The van der Waals surface area contributed by atoms with Gasteiger partial charge in [-0.25, -0.2) is 0 Å². The van der Waals surface area contributed by atoms with Crippen LogP contribution in [-0.4, -0.2) is 56.8 Å². The fourth-order valence-electron chi connectivity index (χ4n) is 2.93. The van der Waals surface area contributed by atoms with Crippen molar-refractivity contribution in [1.29, 1.82) is 0 Å². The molecule has 0 aromatic heterocycles. The zero-order valence-electron chi connectivity index (χ0n) is 10.4. The normalized spacial score (nSPS) is 37.5. The van der Waals surface area contributed by atoms with Crippen molar-refractivity contribution in [1.82, 2.24) is 15.5 Å². The number of nitrogens with zero attached hydrogens (tertiary/aromatic N) is 1. The van der Waals surface area contributed by atoms with Gasteiger partial charge in [-0.3, -0.25) is 4.90 Å². The minimum absolute atomic E-state index is 0.687. The molecule has 0 saturated carbocycles. The highest BCUT2D eigenvalue weighted by Crippen LogP contribution is 2.18. The van der Waals surface area contributed by atoms with Gasteiger partial charge in [-0.1, -0.05) is 0 Å². The zero-order chi connectivity index (χ0) is 11.4. The summed E-state index contributed by atoms with van der Waals surface area (Å²) in [7, 11) is 0. The van der Waals surface area contributed by atoms with Crippen LogP contribution in [0.3, 0.4) is 0 Å². The van der Waals surface area contributed by atoms with Crippen LogP contribution < -0.4 is 16.4 Å². The standard InChI is InChI=1S/C12H26N4/c1-10-6-14-2-3-16(10)9-12-4-11(5-13)7-15-8-12/h10-12,14-15H,2-9,13H2,1H3. The molecule has 2 fully saturated rings. The van der Waals surface area contributed by atoms with Crippen LogP contribution in [0.2, 0.25) is 0 Å². The minimum Gasteiger partial charge on any atom is -0.330 e. The molecule has 4 nitrogen and oxygen atoms in total. The molecular formula is C12H26N4. The van der Waals surface area contributed by atoms with Gasteiger partial charge in [0, 0.05) is 32.2 Å². The van der Waals surface area contributed by atoms with Gasteiger partial charge in [-0.05, 0) is 44.8 Å². The molecule has 3 atom stereocenters. The van der Waals surface area contributed by atoms with Gasteiger partial charge in [0.15, 0.2) is 0 Å². The molecule has 0 aliphatic carbocycles. The lowest BCUT2D eigenvalue weighted by Crippen LogP contribution is -2.53. The lowest BCUT2D eigenvalue weighted by atomic mass is 9.90. The molecule has 3 unspecified atom stereocenters. The highest BCUT2D eigenvalue weighted by molar-refractivity contribution is 4.83. The average molecular weight is 226 g/mol. The quantitative estimate of drug-likeness (QED) is 0.605. The van der Waals surface area contributed by atoms with E-state index in [4.69, 9.17) is 5.73 Å². The smallest absolute Gasteiger partial charge is 0.0193 e. The summed E-state index contributed by atoms with van der Waals surface area (Å²) in [5.41, 5.74) is 5.76. The third-order valence-electron chi connectivity index (χ3n) is 4.00. The molecule has 2 aliphatic heterocycles. The molecule has 0 amide bonds. The number of hydrogen-bond acceptors (Lipinski definition) is 4. The van der Waals surface area contributed by atoms with Gasteiger partial charge >= 0.3 is 0 Å². The Bertz CT molecular complexity index is 209. The molecular weight excluding hydrogens is 200 g/mol. The molecule has 0 radical (unpaired) electrons. The van der Waals surface area contributed by atoms with Gasteiger partial charge in [0.25, 0.3) is 0 Å². The first-order valence-electron chi connectivity index (χ1n) is 6.65. The Morgan fingerprint density at radius 2 is 2.00 bits per heavy atom. The first-order valence-corrected chi connectivity index (χ1v) is 6.65. The SMILES string of the molecule is CC1CNCCN1CC1CNCC(CN)C1. The second kappa shape index (κ2) is 5.96.